The van der Waals surface area contributed by atoms with Crippen LogP contribution in [0.5, 0.6) is 0 Å². The number of hydrogen-bond donors (Lipinski definition) is 1. The molecule has 0 spiro atoms. The van der Waals surface area contributed by atoms with Crippen molar-refractivity contribution in [1.82, 2.24) is 9.80 Å². The van der Waals surface area contributed by atoms with E-state index in [0.29, 0.717) is 17.9 Å². The Hall–Kier alpha value is -0.610. The van der Waals surface area contributed by atoms with Crippen LogP contribution in [-0.2, 0) is 4.79 Å². The Morgan fingerprint density at radius 3 is 2.38 bits per heavy atom. The largest absolute Gasteiger partial charge is 0.393 e. The van der Waals surface area contributed by atoms with Gasteiger partial charge in [0.2, 0.25) is 5.91 Å². The van der Waals surface area contributed by atoms with Crippen molar-refractivity contribution in [2.75, 3.05) is 19.6 Å². The van der Waals surface area contributed by atoms with Gasteiger partial charge in [-0.3, -0.25) is 9.69 Å². The van der Waals surface area contributed by atoms with Gasteiger partial charge >= 0.3 is 0 Å². The Kier molecular flexibility index (Phi) is 6.06. The van der Waals surface area contributed by atoms with Crippen molar-refractivity contribution in [1.29, 1.82) is 0 Å². The summed E-state index contributed by atoms with van der Waals surface area (Å²) in [5, 5.41) is 9.69. The molecule has 122 valence electrons. The molecule has 2 saturated heterocycles. The number of nitrogens with zero attached hydrogens (tertiary/aromatic N) is 2. The maximum absolute atomic E-state index is 12.8. The van der Waals surface area contributed by atoms with Gasteiger partial charge in [0.25, 0.3) is 0 Å². The fourth-order valence-electron chi connectivity index (χ4n) is 3.90. The van der Waals surface area contributed by atoms with E-state index in [1.807, 2.05) is 6.92 Å². The SMILES string of the molecule is CCC1CCCCN1C(=O)C(C)N1CCC(C(C)O)CC1. The minimum atomic E-state index is -0.218. The third kappa shape index (κ3) is 3.98. The van der Waals surface area contributed by atoms with Crippen LogP contribution in [0.2, 0.25) is 0 Å². The van der Waals surface area contributed by atoms with Crippen molar-refractivity contribution in [3.63, 3.8) is 0 Å². The van der Waals surface area contributed by atoms with Gasteiger partial charge in [-0.2, -0.15) is 0 Å². The number of amides is 1. The monoisotopic (exact) mass is 296 g/mol. The quantitative estimate of drug-likeness (QED) is 0.865. The fraction of sp³-hybridized carbons (Fsp3) is 0.941. The number of likely N-dealkylation sites (tertiary alicyclic amines) is 2. The highest BCUT2D eigenvalue weighted by Gasteiger charge is 2.33. The lowest BCUT2D eigenvalue weighted by molar-refractivity contribution is -0.141. The fourth-order valence-corrected chi connectivity index (χ4v) is 3.90. The van der Waals surface area contributed by atoms with Crippen LogP contribution >= 0.6 is 0 Å². The van der Waals surface area contributed by atoms with E-state index in [1.54, 1.807) is 0 Å². The standard InChI is InChI=1S/C17H32N2O2/c1-4-16-7-5-6-10-19(16)17(21)13(2)18-11-8-15(9-12-18)14(3)20/h13-16,20H,4-12H2,1-3H3. The average Bonchev–Trinajstić information content (AvgIpc) is 2.53. The van der Waals surface area contributed by atoms with E-state index in [9.17, 15) is 9.90 Å². The molecule has 1 amide bonds. The number of carbonyl (C=O) groups excluding carboxylic acids is 1. The molecule has 2 aliphatic rings. The van der Waals surface area contributed by atoms with Crippen molar-refractivity contribution in [3.8, 4) is 0 Å². The molecule has 21 heavy (non-hydrogen) atoms. The molecule has 2 aliphatic heterocycles. The second-order valence-corrected chi connectivity index (χ2v) is 6.88. The zero-order valence-corrected chi connectivity index (χ0v) is 13.9. The van der Waals surface area contributed by atoms with Gasteiger partial charge < -0.3 is 10.0 Å². The molecule has 0 aromatic heterocycles. The van der Waals surface area contributed by atoms with Gasteiger partial charge in [-0.05, 0) is 71.4 Å². The number of aliphatic hydroxyl groups is 1. The van der Waals surface area contributed by atoms with E-state index in [0.717, 1.165) is 45.3 Å². The zero-order chi connectivity index (χ0) is 15.4. The Bertz CT molecular complexity index is 338. The van der Waals surface area contributed by atoms with Crippen molar-refractivity contribution >= 4 is 5.91 Å². The summed E-state index contributed by atoms with van der Waals surface area (Å²) in [4.78, 5) is 17.3. The highest BCUT2D eigenvalue weighted by molar-refractivity contribution is 5.82. The summed E-state index contributed by atoms with van der Waals surface area (Å²) in [7, 11) is 0. The van der Waals surface area contributed by atoms with Gasteiger partial charge in [-0.25, -0.2) is 0 Å². The third-order valence-corrected chi connectivity index (χ3v) is 5.54. The van der Waals surface area contributed by atoms with Gasteiger partial charge in [0, 0.05) is 12.6 Å². The second kappa shape index (κ2) is 7.59. The Morgan fingerprint density at radius 2 is 1.81 bits per heavy atom. The molecule has 0 radical (unpaired) electrons. The van der Waals surface area contributed by atoms with E-state index >= 15 is 0 Å². The number of piperidine rings is 2. The number of hydrogen-bond acceptors (Lipinski definition) is 3. The van der Waals surface area contributed by atoms with E-state index in [1.165, 1.54) is 12.8 Å². The summed E-state index contributed by atoms with van der Waals surface area (Å²) < 4.78 is 0. The third-order valence-electron chi connectivity index (χ3n) is 5.54. The van der Waals surface area contributed by atoms with E-state index in [2.05, 4.69) is 23.6 Å². The highest BCUT2D eigenvalue weighted by Crippen LogP contribution is 2.25. The molecule has 0 aromatic carbocycles. The molecule has 3 atom stereocenters. The smallest absolute Gasteiger partial charge is 0.239 e. The second-order valence-electron chi connectivity index (χ2n) is 6.88. The van der Waals surface area contributed by atoms with Crippen LogP contribution in [0.25, 0.3) is 0 Å². The van der Waals surface area contributed by atoms with Gasteiger partial charge in [0.1, 0.15) is 0 Å². The first-order chi connectivity index (χ1) is 10.0. The predicted octanol–water partition coefficient (Wildman–Crippen LogP) is 2.26. The number of carbonyl (C=O) groups is 1. The summed E-state index contributed by atoms with van der Waals surface area (Å²) in [6.07, 6.45) is 6.44. The van der Waals surface area contributed by atoms with Crippen molar-refractivity contribution in [2.24, 2.45) is 5.92 Å². The van der Waals surface area contributed by atoms with E-state index in [-0.39, 0.29) is 12.1 Å². The maximum atomic E-state index is 12.8. The molecule has 2 rings (SSSR count). The molecule has 4 heteroatoms. The lowest BCUT2D eigenvalue weighted by Crippen LogP contribution is -2.54. The van der Waals surface area contributed by atoms with Crippen LogP contribution in [0.4, 0.5) is 0 Å². The molecule has 4 nitrogen and oxygen atoms in total. The first-order valence-electron chi connectivity index (χ1n) is 8.77. The molecule has 0 bridgehead atoms. The van der Waals surface area contributed by atoms with Crippen molar-refractivity contribution < 1.29 is 9.90 Å². The summed E-state index contributed by atoms with van der Waals surface area (Å²) in [5.74, 6) is 0.721. The molecule has 1 N–H and O–H groups in total. The first-order valence-corrected chi connectivity index (χ1v) is 8.77. The van der Waals surface area contributed by atoms with Crippen LogP contribution in [0.3, 0.4) is 0 Å². The maximum Gasteiger partial charge on any atom is 0.239 e. The minimum Gasteiger partial charge on any atom is -0.393 e. The van der Waals surface area contributed by atoms with Crippen molar-refractivity contribution in [3.05, 3.63) is 0 Å². The Morgan fingerprint density at radius 1 is 1.14 bits per heavy atom. The molecule has 0 aromatic rings. The molecule has 2 fully saturated rings. The number of aliphatic hydroxyl groups excluding tert-OH is 1. The zero-order valence-electron chi connectivity index (χ0n) is 13.9. The Labute approximate surface area is 129 Å². The van der Waals surface area contributed by atoms with Crippen LogP contribution in [-0.4, -0.2) is 58.6 Å². The highest BCUT2D eigenvalue weighted by atomic mass is 16.3. The normalized spacial score (nSPS) is 28.4. The Balaban J connectivity index is 1.90. The minimum absolute atomic E-state index is 0.00732. The topological polar surface area (TPSA) is 43.8 Å². The lowest BCUT2D eigenvalue weighted by atomic mass is 9.91. The van der Waals surface area contributed by atoms with Crippen LogP contribution < -0.4 is 0 Å². The summed E-state index contributed by atoms with van der Waals surface area (Å²) in [6, 6.07) is 0.441. The average molecular weight is 296 g/mol. The molecular weight excluding hydrogens is 264 g/mol. The molecular formula is C17H32N2O2. The van der Waals surface area contributed by atoms with Crippen LogP contribution in [0.15, 0.2) is 0 Å². The van der Waals surface area contributed by atoms with E-state index in [4.69, 9.17) is 0 Å². The molecule has 0 aliphatic carbocycles. The predicted molar refractivity (Wildman–Crippen MR) is 85.1 cm³/mol. The van der Waals surface area contributed by atoms with Crippen molar-refractivity contribution in [2.45, 2.75) is 77.5 Å². The summed E-state index contributed by atoms with van der Waals surface area (Å²) in [5.41, 5.74) is 0. The summed E-state index contributed by atoms with van der Waals surface area (Å²) in [6.45, 7) is 8.95. The van der Waals surface area contributed by atoms with Crippen LogP contribution in [0.1, 0.15) is 59.3 Å². The van der Waals surface area contributed by atoms with Gasteiger partial charge in [0.05, 0.1) is 12.1 Å². The van der Waals surface area contributed by atoms with E-state index < -0.39 is 0 Å². The molecule has 3 unspecified atom stereocenters. The number of rotatable bonds is 4. The van der Waals surface area contributed by atoms with Crippen LogP contribution in [0, 0.1) is 5.92 Å². The molecule has 0 saturated carbocycles. The first kappa shape index (κ1) is 16.8. The molecule has 2 heterocycles. The van der Waals surface area contributed by atoms with Gasteiger partial charge in [0.15, 0.2) is 0 Å². The van der Waals surface area contributed by atoms with Gasteiger partial charge in [-0.15, -0.1) is 0 Å². The lowest BCUT2D eigenvalue weighted by Gasteiger charge is -2.41. The van der Waals surface area contributed by atoms with Gasteiger partial charge in [-0.1, -0.05) is 6.92 Å². The summed E-state index contributed by atoms with van der Waals surface area (Å²) >= 11 is 0.